The molecule has 0 saturated heterocycles. The highest BCUT2D eigenvalue weighted by molar-refractivity contribution is 7.56. The van der Waals surface area contributed by atoms with E-state index in [4.69, 9.17) is 9.05 Å². The lowest BCUT2D eigenvalue weighted by molar-refractivity contribution is 0.0730. The summed E-state index contributed by atoms with van der Waals surface area (Å²) in [6.07, 6.45) is 0.881. The smallest absolute Gasteiger partial charge is 0.343 e. The molecule has 122 valence electrons. The number of carbonyl (C=O) groups is 1. The minimum atomic E-state index is -1.41. The Morgan fingerprint density at radius 1 is 1.04 bits per heavy atom. The van der Waals surface area contributed by atoms with Gasteiger partial charge in [0, 0.05) is 5.30 Å². The molecule has 2 aromatic carbocycles. The normalized spacial score (nSPS) is 12.0. The minimum absolute atomic E-state index is 0.314. The van der Waals surface area contributed by atoms with E-state index < -0.39 is 8.38 Å². The van der Waals surface area contributed by atoms with Crippen molar-refractivity contribution >= 4 is 19.6 Å². The van der Waals surface area contributed by atoms with Crippen molar-refractivity contribution in [1.29, 1.82) is 0 Å². The monoisotopic (exact) mass is 330 g/mol. The second-order valence-electron chi connectivity index (χ2n) is 5.58. The van der Waals surface area contributed by atoms with E-state index in [2.05, 4.69) is 0 Å². The number of rotatable bonds is 6. The summed E-state index contributed by atoms with van der Waals surface area (Å²) in [6, 6.07) is 13.7. The largest absolute Gasteiger partial charge is 0.409 e. The molecule has 0 fully saturated rings. The Morgan fingerprint density at radius 2 is 1.65 bits per heavy atom. The first-order chi connectivity index (χ1) is 11.0. The lowest BCUT2D eigenvalue weighted by Crippen LogP contribution is -2.13. The van der Waals surface area contributed by atoms with E-state index in [1.807, 2.05) is 70.2 Å². The molecule has 2 rings (SSSR count). The number of carbonyl (C=O) groups excluding carboxylic acids is 1. The average molecular weight is 330 g/mol. The van der Waals surface area contributed by atoms with E-state index in [0.29, 0.717) is 12.2 Å². The molecule has 0 bridgehead atoms. The van der Waals surface area contributed by atoms with E-state index in [1.54, 1.807) is 0 Å². The predicted molar refractivity (Wildman–Crippen MR) is 95.3 cm³/mol. The van der Waals surface area contributed by atoms with Crippen LogP contribution in [0.5, 0.6) is 0 Å². The van der Waals surface area contributed by atoms with Gasteiger partial charge in [0.25, 0.3) is 8.38 Å². The number of aryl methyl sites for hydroxylation is 3. The molecule has 0 saturated carbocycles. The third-order valence-corrected chi connectivity index (χ3v) is 4.90. The van der Waals surface area contributed by atoms with Crippen molar-refractivity contribution in [3.8, 4) is 0 Å². The molecule has 0 aliphatic carbocycles. The quantitative estimate of drug-likeness (QED) is 0.712. The molecule has 1 atom stereocenters. The Kier molecular flexibility index (Phi) is 6.32. The minimum Gasteiger partial charge on any atom is -0.409 e. The van der Waals surface area contributed by atoms with Crippen molar-refractivity contribution in [3.63, 3.8) is 0 Å². The second kappa shape index (κ2) is 8.24. The van der Waals surface area contributed by atoms with Crippen LogP contribution in [-0.4, -0.2) is 12.6 Å². The predicted octanol–water partition coefficient (Wildman–Crippen LogP) is 4.83. The SMILES string of the molecule is CCCOP(OC(=O)c1c(C)cc(C)cc1C)c1ccccc1. The Labute approximate surface area is 139 Å². The molecule has 4 heteroatoms. The van der Waals surface area contributed by atoms with Crippen LogP contribution in [0.1, 0.15) is 40.4 Å². The summed E-state index contributed by atoms with van der Waals surface area (Å²) in [5, 5.41) is 0.909. The summed E-state index contributed by atoms with van der Waals surface area (Å²) in [5.74, 6) is -0.314. The first kappa shape index (κ1) is 17.7. The Hall–Kier alpha value is -1.70. The van der Waals surface area contributed by atoms with E-state index in [-0.39, 0.29) is 5.97 Å². The van der Waals surface area contributed by atoms with Crippen molar-refractivity contribution in [2.75, 3.05) is 6.61 Å². The summed E-state index contributed by atoms with van der Waals surface area (Å²) in [5.41, 5.74) is 3.65. The van der Waals surface area contributed by atoms with Gasteiger partial charge in [0.05, 0.1) is 12.2 Å². The molecular weight excluding hydrogens is 307 g/mol. The summed E-state index contributed by atoms with van der Waals surface area (Å²) >= 11 is 0. The highest BCUT2D eigenvalue weighted by Gasteiger charge is 2.22. The zero-order valence-corrected chi connectivity index (χ0v) is 15.0. The lowest BCUT2D eigenvalue weighted by Gasteiger charge is -2.18. The van der Waals surface area contributed by atoms with Crippen LogP contribution in [0.4, 0.5) is 0 Å². The molecule has 0 amide bonds. The lowest BCUT2D eigenvalue weighted by atomic mass is 10.0. The Morgan fingerprint density at radius 3 is 2.22 bits per heavy atom. The van der Waals surface area contributed by atoms with Gasteiger partial charge in [-0.15, -0.1) is 0 Å². The first-order valence-electron chi connectivity index (χ1n) is 7.81. The van der Waals surface area contributed by atoms with Crippen LogP contribution in [0.2, 0.25) is 0 Å². The van der Waals surface area contributed by atoms with Gasteiger partial charge < -0.3 is 9.05 Å². The van der Waals surface area contributed by atoms with E-state index in [9.17, 15) is 4.79 Å². The molecule has 0 N–H and O–H groups in total. The third-order valence-electron chi connectivity index (χ3n) is 3.43. The zero-order chi connectivity index (χ0) is 16.8. The maximum Gasteiger partial charge on any atom is 0.343 e. The standard InChI is InChI=1S/C19H23O3P/c1-5-11-21-23(17-9-7-6-8-10-17)22-19(20)18-15(3)12-14(2)13-16(18)4/h6-10,12-13H,5,11H2,1-4H3. The van der Waals surface area contributed by atoms with Gasteiger partial charge in [0.15, 0.2) is 0 Å². The molecule has 0 spiro atoms. The highest BCUT2D eigenvalue weighted by Crippen LogP contribution is 2.39. The van der Waals surface area contributed by atoms with Crippen molar-refractivity contribution in [3.05, 3.63) is 64.7 Å². The molecule has 0 aliphatic rings. The number of hydrogen-bond donors (Lipinski definition) is 0. The van der Waals surface area contributed by atoms with Crippen LogP contribution in [0, 0.1) is 20.8 Å². The molecule has 23 heavy (non-hydrogen) atoms. The molecule has 3 nitrogen and oxygen atoms in total. The summed E-state index contributed by atoms with van der Waals surface area (Å²) < 4.78 is 11.5. The molecule has 0 radical (unpaired) electrons. The third kappa shape index (κ3) is 4.63. The van der Waals surface area contributed by atoms with E-state index in [0.717, 1.165) is 28.4 Å². The molecule has 0 aromatic heterocycles. The van der Waals surface area contributed by atoms with Gasteiger partial charge in [-0.1, -0.05) is 42.8 Å². The zero-order valence-electron chi connectivity index (χ0n) is 14.1. The van der Waals surface area contributed by atoms with E-state index in [1.165, 1.54) is 0 Å². The van der Waals surface area contributed by atoms with Crippen LogP contribution < -0.4 is 5.30 Å². The van der Waals surface area contributed by atoms with Gasteiger partial charge in [-0.3, -0.25) is 0 Å². The Bertz CT molecular complexity index is 645. The number of benzene rings is 2. The van der Waals surface area contributed by atoms with Gasteiger partial charge in [0.1, 0.15) is 0 Å². The summed E-state index contributed by atoms with van der Waals surface area (Å²) in [4.78, 5) is 12.7. The molecule has 2 aromatic rings. The van der Waals surface area contributed by atoms with Crippen molar-refractivity contribution in [1.82, 2.24) is 0 Å². The van der Waals surface area contributed by atoms with Crippen LogP contribution in [-0.2, 0) is 9.05 Å². The molecule has 0 aliphatic heterocycles. The fourth-order valence-electron chi connectivity index (χ4n) is 2.50. The fraction of sp³-hybridized carbons (Fsp3) is 0.316. The van der Waals surface area contributed by atoms with Crippen molar-refractivity contribution < 1.29 is 13.8 Å². The highest BCUT2D eigenvalue weighted by atomic mass is 31.2. The summed E-state index contributed by atoms with van der Waals surface area (Å²) in [7, 11) is -1.41. The molecule has 0 heterocycles. The van der Waals surface area contributed by atoms with Gasteiger partial charge in [-0.2, -0.15) is 0 Å². The fourth-order valence-corrected chi connectivity index (χ4v) is 3.81. The molecular formula is C19H23O3P. The Balaban J connectivity index is 2.24. The number of hydrogen-bond acceptors (Lipinski definition) is 3. The van der Waals surface area contributed by atoms with Crippen molar-refractivity contribution in [2.45, 2.75) is 34.1 Å². The summed E-state index contributed by atoms with van der Waals surface area (Å²) in [6.45, 7) is 8.51. The maximum absolute atomic E-state index is 12.7. The van der Waals surface area contributed by atoms with Crippen LogP contribution in [0.15, 0.2) is 42.5 Å². The maximum atomic E-state index is 12.7. The van der Waals surface area contributed by atoms with Gasteiger partial charge >= 0.3 is 5.97 Å². The van der Waals surface area contributed by atoms with Gasteiger partial charge in [0.2, 0.25) is 0 Å². The first-order valence-corrected chi connectivity index (χ1v) is 8.99. The van der Waals surface area contributed by atoms with Crippen LogP contribution in [0.25, 0.3) is 0 Å². The van der Waals surface area contributed by atoms with Crippen molar-refractivity contribution in [2.24, 2.45) is 0 Å². The van der Waals surface area contributed by atoms with Crippen LogP contribution >= 0.6 is 8.38 Å². The average Bonchev–Trinajstić information content (AvgIpc) is 2.51. The topological polar surface area (TPSA) is 35.5 Å². The van der Waals surface area contributed by atoms with Crippen LogP contribution in [0.3, 0.4) is 0 Å². The van der Waals surface area contributed by atoms with E-state index >= 15 is 0 Å². The second-order valence-corrected chi connectivity index (χ2v) is 7.05. The van der Waals surface area contributed by atoms with Gasteiger partial charge in [-0.25, -0.2) is 4.79 Å². The van der Waals surface area contributed by atoms with Gasteiger partial charge in [-0.05, 0) is 50.5 Å². The molecule has 1 unspecified atom stereocenters.